The molecule has 2 rings (SSSR count). The van der Waals surface area contributed by atoms with Crippen molar-refractivity contribution in [3.8, 4) is 0 Å². The number of nitrogens with zero attached hydrogens (tertiary/aromatic N) is 1. The zero-order valence-electron chi connectivity index (χ0n) is 10.5. The summed E-state index contributed by atoms with van der Waals surface area (Å²) in [5, 5.41) is 0. The summed E-state index contributed by atoms with van der Waals surface area (Å²) in [5.41, 5.74) is 0.681. The number of sulfonamides is 1. The van der Waals surface area contributed by atoms with Gasteiger partial charge in [-0.05, 0) is 30.9 Å². The average molecular weight is 288 g/mol. The quantitative estimate of drug-likeness (QED) is 0.754. The number of rotatable bonds is 6. The van der Waals surface area contributed by atoms with Gasteiger partial charge >= 0.3 is 0 Å². The van der Waals surface area contributed by atoms with Crippen LogP contribution in [0.2, 0.25) is 0 Å². The first-order valence-electron chi connectivity index (χ1n) is 6.27. The van der Waals surface area contributed by atoms with E-state index >= 15 is 0 Å². The van der Waals surface area contributed by atoms with Crippen LogP contribution in [-0.4, -0.2) is 25.3 Å². The smallest absolute Gasteiger partial charge is 0.207 e. The Hall–Kier alpha value is -0.580. The molecule has 0 unspecified atom stereocenters. The lowest BCUT2D eigenvalue weighted by Crippen LogP contribution is -2.34. The van der Waals surface area contributed by atoms with E-state index in [0.29, 0.717) is 17.0 Å². The minimum Gasteiger partial charge on any atom is -0.207 e. The van der Waals surface area contributed by atoms with Crippen LogP contribution in [0.4, 0.5) is 0 Å². The summed E-state index contributed by atoms with van der Waals surface area (Å²) in [4.78, 5) is 0.361. The molecule has 1 aliphatic carbocycles. The summed E-state index contributed by atoms with van der Waals surface area (Å²) >= 11 is 5.83. The Morgan fingerprint density at radius 2 is 2.00 bits per heavy atom. The Balaban J connectivity index is 2.39. The lowest BCUT2D eigenvalue weighted by molar-refractivity contribution is 0.403. The van der Waals surface area contributed by atoms with Gasteiger partial charge in [-0.25, -0.2) is 8.42 Å². The molecule has 3 nitrogen and oxygen atoms in total. The van der Waals surface area contributed by atoms with Crippen LogP contribution in [0.1, 0.15) is 31.7 Å². The molecular formula is C13H18ClNO2S. The molecular weight excluding hydrogens is 270 g/mol. The molecule has 1 aliphatic rings. The van der Waals surface area contributed by atoms with Crippen molar-refractivity contribution in [2.24, 2.45) is 0 Å². The molecule has 5 heteroatoms. The maximum atomic E-state index is 12.7. The van der Waals surface area contributed by atoms with Gasteiger partial charge in [0.05, 0.1) is 4.90 Å². The second-order valence-corrected chi connectivity index (χ2v) is 6.71. The normalized spacial score (nSPS) is 16.2. The van der Waals surface area contributed by atoms with Crippen molar-refractivity contribution < 1.29 is 8.42 Å². The van der Waals surface area contributed by atoms with Gasteiger partial charge in [-0.2, -0.15) is 4.31 Å². The second kappa shape index (κ2) is 5.59. The lowest BCUT2D eigenvalue weighted by Gasteiger charge is -2.22. The van der Waals surface area contributed by atoms with Crippen LogP contribution in [0.3, 0.4) is 0 Å². The Kier molecular flexibility index (Phi) is 4.30. The Labute approximate surface area is 114 Å². The van der Waals surface area contributed by atoms with Gasteiger partial charge < -0.3 is 0 Å². The van der Waals surface area contributed by atoms with E-state index in [2.05, 4.69) is 0 Å². The molecule has 0 aliphatic heterocycles. The molecule has 0 heterocycles. The van der Waals surface area contributed by atoms with Crippen molar-refractivity contribution in [1.82, 2.24) is 4.31 Å². The first-order valence-corrected chi connectivity index (χ1v) is 8.24. The molecule has 0 radical (unpaired) electrons. The van der Waals surface area contributed by atoms with E-state index in [1.165, 1.54) is 0 Å². The lowest BCUT2D eigenvalue weighted by atomic mass is 10.2. The first-order chi connectivity index (χ1) is 8.61. The fraction of sp³-hybridized carbons (Fsp3) is 0.538. The molecule has 0 aromatic heterocycles. The largest absolute Gasteiger partial charge is 0.243 e. The van der Waals surface area contributed by atoms with E-state index in [-0.39, 0.29) is 11.9 Å². The first kappa shape index (κ1) is 13.8. The Bertz CT molecular complexity index is 511. The number of hydrogen-bond acceptors (Lipinski definition) is 2. The van der Waals surface area contributed by atoms with Crippen molar-refractivity contribution >= 4 is 21.6 Å². The summed E-state index contributed by atoms with van der Waals surface area (Å²) in [5.74, 6) is 0.222. The van der Waals surface area contributed by atoms with Gasteiger partial charge in [0, 0.05) is 18.5 Å². The maximum absolute atomic E-state index is 12.7. The van der Waals surface area contributed by atoms with Gasteiger partial charge in [0.2, 0.25) is 10.0 Å². The Morgan fingerprint density at radius 3 is 2.56 bits per heavy atom. The molecule has 0 bridgehead atoms. The summed E-state index contributed by atoms with van der Waals surface area (Å²) in [6.07, 6.45) is 2.78. The van der Waals surface area contributed by atoms with E-state index in [1.54, 1.807) is 22.5 Å². The van der Waals surface area contributed by atoms with Crippen LogP contribution < -0.4 is 0 Å². The SMILES string of the molecule is CCCN(C1CC1)S(=O)(=O)c1ccccc1CCl. The highest BCUT2D eigenvalue weighted by Crippen LogP contribution is 2.33. The molecule has 100 valence electrons. The van der Waals surface area contributed by atoms with Crippen molar-refractivity contribution in [1.29, 1.82) is 0 Å². The Morgan fingerprint density at radius 1 is 1.33 bits per heavy atom. The third-order valence-corrected chi connectivity index (χ3v) is 5.44. The van der Waals surface area contributed by atoms with Gasteiger partial charge in [0.1, 0.15) is 0 Å². The number of halogens is 1. The van der Waals surface area contributed by atoms with E-state index in [1.807, 2.05) is 13.0 Å². The highest BCUT2D eigenvalue weighted by Gasteiger charge is 2.38. The molecule has 1 fully saturated rings. The van der Waals surface area contributed by atoms with Gasteiger partial charge in [-0.15, -0.1) is 11.6 Å². The third-order valence-electron chi connectivity index (χ3n) is 3.10. The molecule has 0 atom stereocenters. The molecule has 0 amide bonds. The van der Waals surface area contributed by atoms with E-state index in [4.69, 9.17) is 11.6 Å². The molecule has 0 saturated heterocycles. The highest BCUT2D eigenvalue weighted by molar-refractivity contribution is 7.89. The molecule has 1 aromatic carbocycles. The van der Waals surface area contributed by atoms with Crippen molar-refractivity contribution in [3.63, 3.8) is 0 Å². The number of benzene rings is 1. The minimum absolute atomic E-state index is 0.193. The van der Waals surface area contributed by atoms with E-state index < -0.39 is 10.0 Å². The van der Waals surface area contributed by atoms with E-state index in [0.717, 1.165) is 19.3 Å². The maximum Gasteiger partial charge on any atom is 0.243 e. The van der Waals surface area contributed by atoms with Crippen LogP contribution >= 0.6 is 11.6 Å². The van der Waals surface area contributed by atoms with Crippen LogP contribution in [-0.2, 0) is 15.9 Å². The predicted octanol–water partition coefficient (Wildman–Crippen LogP) is 2.99. The summed E-state index contributed by atoms with van der Waals surface area (Å²) in [7, 11) is -3.39. The molecule has 0 spiro atoms. The molecule has 1 aromatic rings. The fourth-order valence-electron chi connectivity index (χ4n) is 2.07. The number of hydrogen-bond donors (Lipinski definition) is 0. The van der Waals surface area contributed by atoms with Gasteiger partial charge in [0.25, 0.3) is 0 Å². The van der Waals surface area contributed by atoms with Gasteiger partial charge in [-0.3, -0.25) is 0 Å². The van der Waals surface area contributed by atoms with Crippen LogP contribution in [0, 0.1) is 0 Å². The molecule has 1 saturated carbocycles. The average Bonchev–Trinajstić information content (AvgIpc) is 3.19. The predicted molar refractivity (Wildman–Crippen MR) is 73.2 cm³/mol. The monoisotopic (exact) mass is 287 g/mol. The fourth-order valence-corrected chi connectivity index (χ4v) is 4.39. The van der Waals surface area contributed by atoms with E-state index in [9.17, 15) is 8.42 Å². The van der Waals surface area contributed by atoms with Gasteiger partial charge in [0.15, 0.2) is 0 Å². The van der Waals surface area contributed by atoms with Crippen molar-refractivity contribution in [2.75, 3.05) is 6.54 Å². The molecule has 0 N–H and O–H groups in total. The van der Waals surface area contributed by atoms with Crippen molar-refractivity contribution in [2.45, 2.75) is 43.0 Å². The highest BCUT2D eigenvalue weighted by atomic mass is 35.5. The van der Waals surface area contributed by atoms with Crippen molar-refractivity contribution in [3.05, 3.63) is 29.8 Å². The zero-order chi connectivity index (χ0) is 13.2. The minimum atomic E-state index is -3.39. The summed E-state index contributed by atoms with van der Waals surface area (Å²) in [6, 6.07) is 7.19. The van der Waals surface area contributed by atoms with Crippen LogP contribution in [0.15, 0.2) is 29.2 Å². The molecule has 18 heavy (non-hydrogen) atoms. The van der Waals surface area contributed by atoms with Crippen LogP contribution in [0.5, 0.6) is 0 Å². The topological polar surface area (TPSA) is 37.4 Å². The third kappa shape index (κ3) is 2.71. The summed E-state index contributed by atoms with van der Waals surface area (Å²) in [6.45, 7) is 2.59. The van der Waals surface area contributed by atoms with Gasteiger partial charge in [-0.1, -0.05) is 25.1 Å². The second-order valence-electron chi connectivity index (χ2n) is 4.59. The summed E-state index contributed by atoms with van der Waals surface area (Å²) < 4.78 is 26.9. The van der Waals surface area contributed by atoms with Crippen LogP contribution in [0.25, 0.3) is 0 Å². The number of alkyl halides is 1. The standard InChI is InChI=1S/C13H18ClNO2S/c1-2-9-15(12-7-8-12)18(16,17)13-6-4-3-5-11(13)10-14/h3-6,12H,2,7-10H2,1H3. The zero-order valence-corrected chi connectivity index (χ0v) is 12.0.